The molecule has 0 unspecified atom stereocenters. The summed E-state index contributed by atoms with van der Waals surface area (Å²) in [5, 5.41) is 19.0. The molecule has 3 N–H and O–H groups in total. The minimum Gasteiger partial charge on any atom is -0.506 e. The van der Waals surface area contributed by atoms with Crippen molar-refractivity contribution in [2.75, 3.05) is 0 Å². The lowest BCUT2D eigenvalue weighted by Gasteiger charge is -2.01. The normalized spacial score (nSPS) is 10.8. The van der Waals surface area contributed by atoms with E-state index in [-0.39, 0.29) is 11.4 Å². The van der Waals surface area contributed by atoms with Crippen molar-refractivity contribution in [1.29, 1.82) is 0 Å². The van der Waals surface area contributed by atoms with Crippen LogP contribution in [0.5, 0.6) is 5.75 Å². The van der Waals surface area contributed by atoms with Crippen molar-refractivity contribution >= 4 is 32.8 Å². The number of fused-ring (bicyclic) bond motifs is 1. The van der Waals surface area contributed by atoms with Gasteiger partial charge in [-0.25, -0.2) is 4.79 Å². The monoisotopic (exact) mass is 269 g/mol. The maximum Gasteiger partial charge on any atom is 0.352 e. The predicted octanol–water partition coefficient (Wildman–Crippen LogP) is 2.64. The van der Waals surface area contributed by atoms with Crippen molar-refractivity contribution in [3.63, 3.8) is 0 Å². The summed E-state index contributed by atoms with van der Waals surface area (Å²) in [6.07, 6.45) is 0. The van der Waals surface area contributed by atoms with Crippen molar-refractivity contribution in [1.82, 2.24) is 4.98 Å². The molecule has 78 valence electrons. The van der Waals surface area contributed by atoms with E-state index in [0.717, 1.165) is 5.56 Å². The second kappa shape index (κ2) is 3.27. The highest BCUT2D eigenvalue weighted by molar-refractivity contribution is 9.10. The molecule has 0 spiro atoms. The Morgan fingerprint density at radius 3 is 2.73 bits per heavy atom. The molecule has 0 aliphatic heterocycles. The van der Waals surface area contributed by atoms with E-state index in [1.54, 1.807) is 6.07 Å². The van der Waals surface area contributed by atoms with Gasteiger partial charge in [0.2, 0.25) is 0 Å². The van der Waals surface area contributed by atoms with Crippen molar-refractivity contribution in [3.8, 4) is 5.75 Å². The van der Waals surface area contributed by atoms with E-state index in [1.165, 1.54) is 6.07 Å². The molecule has 0 aliphatic carbocycles. The number of aromatic carboxylic acids is 1. The smallest absolute Gasteiger partial charge is 0.352 e. The van der Waals surface area contributed by atoms with Gasteiger partial charge in [0.1, 0.15) is 11.4 Å². The molecule has 2 aromatic rings. The largest absolute Gasteiger partial charge is 0.506 e. The Morgan fingerprint density at radius 1 is 1.47 bits per heavy atom. The van der Waals surface area contributed by atoms with Crippen LogP contribution in [0.3, 0.4) is 0 Å². The fraction of sp³-hybridized carbons (Fsp3) is 0.100. The summed E-state index contributed by atoms with van der Waals surface area (Å²) in [5.41, 5.74) is 1.59. The van der Waals surface area contributed by atoms with Gasteiger partial charge in [-0.05, 0) is 40.5 Å². The number of hydrogen-bond donors (Lipinski definition) is 3. The van der Waals surface area contributed by atoms with Crippen LogP contribution in [0.4, 0.5) is 0 Å². The number of aromatic amines is 1. The van der Waals surface area contributed by atoms with Gasteiger partial charge in [0.15, 0.2) is 0 Å². The molecule has 0 amide bonds. The summed E-state index contributed by atoms with van der Waals surface area (Å²) >= 11 is 3.20. The van der Waals surface area contributed by atoms with Crippen LogP contribution in [0.15, 0.2) is 16.6 Å². The standard InChI is InChI=1S/C10H8BrNO3/c1-4-2-6(11)9(13)5-3-7(10(14)15)12-8(4)5/h2-3,12-13H,1H3,(H,14,15). The molecule has 0 saturated heterocycles. The first-order valence-electron chi connectivity index (χ1n) is 4.25. The number of rotatable bonds is 1. The van der Waals surface area contributed by atoms with E-state index in [4.69, 9.17) is 5.11 Å². The molecule has 0 bridgehead atoms. The van der Waals surface area contributed by atoms with Gasteiger partial charge in [0.25, 0.3) is 0 Å². The van der Waals surface area contributed by atoms with Crippen molar-refractivity contribution in [2.24, 2.45) is 0 Å². The molecule has 2 rings (SSSR count). The minimum atomic E-state index is -1.04. The van der Waals surface area contributed by atoms with E-state index >= 15 is 0 Å². The number of H-pyrrole nitrogens is 1. The predicted molar refractivity (Wildman–Crippen MR) is 59.4 cm³/mol. The van der Waals surface area contributed by atoms with Gasteiger partial charge < -0.3 is 15.2 Å². The lowest BCUT2D eigenvalue weighted by molar-refractivity contribution is 0.0691. The number of aromatic nitrogens is 1. The highest BCUT2D eigenvalue weighted by atomic mass is 79.9. The molecular formula is C10H8BrNO3. The molecule has 1 aromatic carbocycles. The molecule has 0 saturated carbocycles. The first-order chi connectivity index (χ1) is 7.00. The number of nitrogens with one attached hydrogen (secondary N) is 1. The lowest BCUT2D eigenvalue weighted by Crippen LogP contribution is -1.94. The fourth-order valence-electron chi connectivity index (χ4n) is 1.53. The lowest BCUT2D eigenvalue weighted by atomic mass is 10.1. The number of benzene rings is 1. The molecule has 4 nitrogen and oxygen atoms in total. The van der Waals surface area contributed by atoms with Crippen LogP contribution >= 0.6 is 15.9 Å². The van der Waals surface area contributed by atoms with Crippen LogP contribution in [0, 0.1) is 6.92 Å². The fourth-order valence-corrected chi connectivity index (χ4v) is 2.08. The Balaban J connectivity index is 2.85. The number of carbonyl (C=O) groups is 1. The van der Waals surface area contributed by atoms with Gasteiger partial charge in [-0.15, -0.1) is 0 Å². The molecule has 0 radical (unpaired) electrons. The number of halogens is 1. The summed E-state index contributed by atoms with van der Waals surface area (Å²) in [6.45, 7) is 1.84. The summed E-state index contributed by atoms with van der Waals surface area (Å²) < 4.78 is 0.559. The second-order valence-electron chi connectivity index (χ2n) is 3.30. The first kappa shape index (κ1) is 10.0. The molecule has 0 aliphatic rings. The van der Waals surface area contributed by atoms with Crippen molar-refractivity contribution in [2.45, 2.75) is 6.92 Å². The Kier molecular flexibility index (Phi) is 2.19. The van der Waals surface area contributed by atoms with Crippen molar-refractivity contribution in [3.05, 3.63) is 27.9 Å². The number of carboxylic acids is 1. The van der Waals surface area contributed by atoms with E-state index in [9.17, 15) is 9.90 Å². The number of hydrogen-bond acceptors (Lipinski definition) is 2. The van der Waals surface area contributed by atoms with Crippen LogP contribution in [0.1, 0.15) is 16.1 Å². The van der Waals surface area contributed by atoms with Gasteiger partial charge >= 0.3 is 5.97 Å². The summed E-state index contributed by atoms with van der Waals surface area (Å²) in [6, 6.07) is 3.16. The molecule has 0 fully saturated rings. The second-order valence-corrected chi connectivity index (χ2v) is 4.16. The van der Waals surface area contributed by atoms with Crippen LogP contribution < -0.4 is 0 Å². The molecule has 1 aromatic heterocycles. The van der Waals surface area contributed by atoms with Crippen LogP contribution in [0.2, 0.25) is 0 Å². The summed E-state index contributed by atoms with van der Waals surface area (Å²) in [4.78, 5) is 13.5. The number of phenols is 1. The van der Waals surface area contributed by atoms with Crippen molar-refractivity contribution < 1.29 is 15.0 Å². The van der Waals surface area contributed by atoms with E-state index in [2.05, 4.69) is 20.9 Å². The first-order valence-corrected chi connectivity index (χ1v) is 5.04. The van der Waals surface area contributed by atoms with Gasteiger partial charge in [-0.1, -0.05) is 0 Å². The minimum absolute atomic E-state index is 0.0550. The SMILES string of the molecule is Cc1cc(Br)c(O)c2cc(C(=O)O)[nH]c12. The topological polar surface area (TPSA) is 73.3 Å². The summed E-state index contributed by atoms with van der Waals surface area (Å²) in [5.74, 6) is -0.986. The molecular weight excluding hydrogens is 262 g/mol. The maximum absolute atomic E-state index is 10.8. The number of aromatic hydroxyl groups is 1. The van der Waals surface area contributed by atoms with Crippen LogP contribution in [-0.4, -0.2) is 21.2 Å². The maximum atomic E-state index is 10.8. The highest BCUT2D eigenvalue weighted by Gasteiger charge is 2.13. The Bertz CT molecular complexity index is 559. The zero-order valence-corrected chi connectivity index (χ0v) is 9.42. The van der Waals surface area contributed by atoms with Crippen LogP contribution in [-0.2, 0) is 0 Å². The Labute approximate surface area is 93.7 Å². The van der Waals surface area contributed by atoms with E-state index in [1.807, 2.05) is 6.92 Å². The molecule has 15 heavy (non-hydrogen) atoms. The molecule has 5 heteroatoms. The van der Waals surface area contributed by atoms with Gasteiger partial charge in [0.05, 0.1) is 9.99 Å². The molecule has 1 heterocycles. The van der Waals surface area contributed by atoms with Crippen LogP contribution in [0.25, 0.3) is 10.9 Å². The van der Waals surface area contributed by atoms with Gasteiger partial charge in [-0.2, -0.15) is 0 Å². The Hall–Kier alpha value is -1.49. The van der Waals surface area contributed by atoms with E-state index < -0.39 is 5.97 Å². The third kappa shape index (κ3) is 1.48. The average Bonchev–Trinajstić information content (AvgIpc) is 2.59. The quantitative estimate of drug-likeness (QED) is 0.745. The third-order valence-corrected chi connectivity index (χ3v) is 2.87. The highest BCUT2D eigenvalue weighted by Crippen LogP contribution is 2.35. The van der Waals surface area contributed by atoms with Gasteiger partial charge in [-0.3, -0.25) is 0 Å². The summed E-state index contributed by atoms with van der Waals surface area (Å²) in [7, 11) is 0. The van der Waals surface area contributed by atoms with Gasteiger partial charge in [0, 0.05) is 5.39 Å². The number of aryl methyl sites for hydroxylation is 1. The zero-order chi connectivity index (χ0) is 11.2. The van der Waals surface area contributed by atoms with E-state index in [0.29, 0.717) is 15.4 Å². The molecule has 0 atom stereocenters. The third-order valence-electron chi connectivity index (χ3n) is 2.27. The Morgan fingerprint density at radius 2 is 2.13 bits per heavy atom. The number of carboxylic acid groups (broad SMARTS) is 1. The average molecular weight is 270 g/mol. The zero-order valence-electron chi connectivity index (χ0n) is 7.84. The number of phenolic OH excluding ortho intramolecular Hbond substituents is 1.